The van der Waals surface area contributed by atoms with Crippen molar-refractivity contribution >= 4 is 23.1 Å². The monoisotopic (exact) mass is 511 g/mol. The van der Waals surface area contributed by atoms with Crippen LogP contribution in [0.5, 0.6) is 0 Å². The summed E-state index contributed by atoms with van der Waals surface area (Å²) in [6.07, 6.45) is 2.40. The molecule has 0 saturated carbocycles. The van der Waals surface area contributed by atoms with E-state index in [2.05, 4.69) is 101 Å². The molecule has 0 aromatic heterocycles. The van der Waals surface area contributed by atoms with E-state index in [0.717, 1.165) is 0 Å². The van der Waals surface area contributed by atoms with Gasteiger partial charge in [-0.25, -0.2) is 0 Å². The molecule has 0 heterocycles. The van der Waals surface area contributed by atoms with Crippen LogP contribution >= 0.6 is 17.0 Å². The number of hydrogen-bond donors (Lipinski definition) is 0. The Hall–Kier alpha value is -1.14. The third-order valence-electron chi connectivity index (χ3n) is 6.05. The zero-order valence-electron chi connectivity index (χ0n) is 17.9. The molecule has 1 unspecified atom stereocenters. The van der Waals surface area contributed by atoms with E-state index >= 15 is 0 Å². The summed E-state index contributed by atoms with van der Waals surface area (Å²) >= 11 is -2.54. The van der Waals surface area contributed by atoms with Crippen molar-refractivity contribution in [3.8, 4) is 22.3 Å². The maximum atomic E-state index is 6.70. The number of halogens is 2. The molecule has 0 aliphatic heterocycles. The molecule has 0 nitrogen and oxygen atoms in total. The molecule has 3 aromatic carbocycles. The minimum absolute atomic E-state index is 0.245. The van der Waals surface area contributed by atoms with Gasteiger partial charge in [0.1, 0.15) is 0 Å². The molecule has 3 heteroatoms. The van der Waals surface area contributed by atoms with E-state index in [1.807, 2.05) is 0 Å². The second-order valence-electron chi connectivity index (χ2n) is 8.62. The Morgan fingerprint density at radius 3 is 1.97 bits per heavy atom. The van der Waals surface area contributed by atoms with Gasteiger partial charge in [-0.3, -0.25) is 0 Å². The van der Waals surface area contributed by atoms with Crippen molar-refractivity contribution in [1.82, 2.24) is 0 Å². The van der Waals surface area contributed by atoms with Gasteiger partial charge in [0.2, 0.25) is 0 Å². The average Bonchev–Trinajstić information content (AvgIpc) is 3.14. The van der Waals surface area contributed by atoms with E-state index in [-0.39, 0.29) is 3.63 Å². The van der Waals surface area contributed by atoms with Crippen LogP contribution in [0, 0.1) is 5.92 Å². The first kappa shape index (κ1) is 22.1. The van der Waals surface area contributed by atoms with Gasteiger partial charge in [-0.05, 0) is 0 Å². The molecular formula is C27H27Cl2Zr. The van der Waals surface area contributed by atoms with E-state index in [4.69, 9.17) is 17.0 Å². The molecule has 0 spiro atoms. The fraction of sp³-hybridized carbons (Fsp3) is 0.259. The Balaban J connectivity index is 2.04. The molecule has 4 rings (SSSR count). The van der Waals surface area contributed by atoms with E-state index in [1.165, 1.54) is 44.5 Å². The molecule has 0 radical (unpaired) electrons. The van der Waals surface area contributed by atoms with E-state index in [1.54, 1.807) is 0 Å². The topological polar surface area (TPSA) is 0 Å². The van der Waals surface area contributed by atoms with Crippen LogP contribution in [0.15, 0.2) is 72.3 Å². The van der Waals surface area contributed by atoms with Gasteiger partial charge in [0.15, 0.2) is 0 Å². The SMILES string of the molecule is CC(C)C1=Cc2c(ccc(C(C)C)c2-c2ccccc2-c2ccccc2)[CH]1[Zr]([Cl])[Cl]. The number of allylic oxidation sites excluding steroid dienone is 1. The zero-order chi connectivity index (χ0) is 21.4. The van der Waals surface area contributed by atoms with Crippen LogP contribution in [-0.4, -0.2) is 0 Å². The van der Waals surface area contributed by atoms with Crippen molar-refractivity contribution in [2.24, 2.45) is 5.92 Å². The van der Waals surface area contributed by atoms with Gasteiger partial charge in [0.25, 0.3) is 0 Å². The van der Waals surface area contributed by atoms with Crippen molar-refractivity contribution in [3.05, 3.63) is 89.0 Å². The molecule has 0 N–H and O–H groups in total. The van der Waals surface area contributed by atoms with Crippen LogP contribution in [0.3, 0.4) is 0 Å². The second-order valence-corrected chi connectivity index (χ2v) is 17.4. The van der Waals surface area contributed by atoms with Crippen molar-refractivity contribution in [2.45, 2.75) is 37.2 Å². The second kappa shape index (κ2) is 9.16. The molecule has 1 aliphatic rings. The Morgan fingerprint density at radius 2 is 1.37 bits per heavy atom. The Kier molecular flexibility index (Phi) is 6.74. The third kappa shape index (κ3) is 4.02. The van der Waals surface area contributed by atoms with Gasteiger partial charge in [0, 0.05) is 0 Å². The summed E-state index contributed by atoms with van der Waals surface area (Å²) in [7, 11) is 13.4. The van der Waals surface area contributed by atoms with Crippen molar-refractivity contribution in [1.29, 1.82) is 0 Å². The summed E-state index contributed by atoms with van der Waals surface area (Å²) in [5.74, 6) is 0.865. The first-order chi connectivity index (χ1) is 14.4. The summed E-state index contributed by atoms with van der Waals surface area (Å²) < 4.78 is 0.245. The number of hydrogen-bond acceptors (Lipinski definition) is 0. The number of fused-ring (bicyclic) bond motifs is 1. The van der Waals surface area contributed by atoms with E-state index in [0.29, 0.717) is 11.8 Å². The van der Waals surface area contributed by atoms with Crippen LogP contribution in [0.25, 0.3) is 28.3 Å². The fourth-order valence-corrected chi connectivity index (χ4v) is 10.3. The zero-order valence-corrected chi connectivity index (χ0v) is 21.9. The normalized spacial score (nSPS) is 15.5. The quantitative estimate of drug-likeness (QED) is 0.319. The molecule has 153 valence electrons. The predicted molar refractivity (Wildman–Crippen MR) is 129 cm³/mol. The summed E-state index contributed by atoms with van der Waals surface area (Å²) in [5, 5.41) is 0. The van der Waals surface area contributed by atoms with Crippen LogP contribution in [0.4, 0.5) is 0 Å². The van der Waals surface area contributed by atoms with Crippen LogP contribution in [0.1, 0.15) is 53.9 Å². The molecule has 0 amide bonds. The van der Waals surface area contributed by atoms with E-state index in [9.17, 15) is 0 Å². The summed E-state index contributed by atoms with van der Waals surface area (Å²) in [6, 6.07) is 24.1. The Labute approximate surface area is 195 Å². The van der Waals surface area contributed by atoms with Crippen molar-refractivity contribution in [2.75, 3.05) is 0 Å². The Bertz CT molecular complexity index is 1080. The first-order valence-corrected chi connectivity index (χ1v) is 18.4. The van der Waals surface area contributed by atoms with Gasteiger partial charge in [-0.15, -0.1) is 0 Å². The molecule has 3 aromatic rings. The summed E-state index contributed by atoms with van der Waals surface area (Å²) in [5.41, 5.74) is 10.6. The number of rotatable bonds is 5. The van der Waals surface area contributed by atoms with Gasteiger partial charge in [-0.1, -0.05) is 0 Å². The van der Waals surface area contributed by atoms with Crippen LogP contribution in [-0.2, 0) is 19.4 Å². The van der Waals surface area contributed by atoms with Gasteiger partial charge in [0.05, 0.1) is 0 Å². The fourth-order valence-electron chi connectivity index (χ4n) is 4.59. The number of benzene rings is 3. The Morgan fingerprint density at radius 1 is 0.733 bits per heavy atom. The van der Waals surface area contributed by atoms with Gasteiger partial charge < -0.3 is 0 Å². The first-order valence-electron chi connectivity index (χ1n) is 10.6. The standard InChI is InChI=1S/C27H27.2ClH.Zr/c1-18(2)22-16-21-14-15-23(19(3)4)27(26(21)17-22)25-13-9-8-12-24(25)20-10-6-5-7-11-20;;;/h5-19H,1-4H3;2*1H;/q;;;+2/p-2. The van der Waals surface area contributed by atoms with Crippen molar-refractivity contribution < 1.29 is 19.4 Å². The average molecular weight is 514 g/mol. The predicted octanol–water partition coefficient (Wildman–Crippen LogP) is 9.16. The third-order valence-corrected chi connectivity index (χ3v) is 11.3. The molecule has 0 bridgehead atoms. The summed E-state index contributed by atoms with van der Waals surface area (Å²) in [6.45, 7) is 9.07. The molecule has 1 atom stereocenters. The van der Waals surface area contributed by atoms with Crippen LogP contribution in [0.2, 0.25) is 0 Å². The van der Waals surface area contributed by atoms with E-state index < -0.39 is 19.4 Å². The molecule has 30 heavy (non-hydrogen) atoms. The van der Waals surface area contributed by atoms with Crippen molar-refractivity contribution in [3.63, 3.8) is 0 Å². The van der Waals surface area contributed by atoms with Gasteiger partial charge in [-0.2, -0.15) is 0 Å². The van der Waals surface area contributed by atoms with Crippen LogP contribution < -0.4 is 0 Å². The van der Waals surface area contributed by atoms with Gasteiger partial charge >= 0.3 is 197 Å². The minimum atomic E-state index is -2.54. The molecular weight excluding hydrogens is 486 g/mol. The molecule has 1 aliphatic carbocycles. The molecule has 0 saturated heterocycles. The summed E-state index contributed by atoms with van der Waals surface area (Å²) in [4.78, 5) is 0. The maximum absolute atomic E-state index is 6.70. The molecule has 0 fully saturated rings.